The molecule has 0 unspecified atom stereocenters. The summed E-state index contributed by atoms with van der Waals surface area (Å²) in [5.41, 5.74) is 2.51. The van der Waals surface area contributed by atoms with Crippen LogP contribution in [0.15, 0.2) is 41.1 Å². The molecule has 0 bridgehead atoms. The van der Waals surface area contributed by atoms with Gasteiger partial charge in [-0.15, -0.1) is 0 Å². The van der Waals surface area contributed by atoms with Gasteiger partial charge in [0.15, 0.2) is 0 Å². The number of nitrogens with zero attached hydrogens (tertiary/aromatic N) is 1. The summed E-state index contributed by atoms with van der Waals surface area (Å²) in [5, 5.41) is 6.51. The third-order valence-corrected chi connectivity index (χ3v) is 1.94. The smallest absolute Gasteiger partial charge is 0.221 e. The molecule has 2 aromatic rings. The fraction of sp³-hybridized carbons (Fsp3) is 0.0909. The number of aromatic nitrogens is 1. The van der Waals surface area contributed by atoms with E-state index in [0.29, 0.717) is 0 Å². The number of hydrogen-bond acceptors (Lipinski definition) is 3. The van der Waals surface area contributed by atoms with Crippen LogP contribution in [-0.4, -0.2) is 11.1 Å². The topological polar surface area (TPSA) is 55.1 Å². The molecule has 1 heterocycles. The molecule has 1 amide bonds. The molecule has 15 heavy (non-hydrogen) atoms. The van der Waals surface area contributed by atoms with Gasteiger partial charge in [0.25, 0.3) is 0 Å². The van der Waals surface area contributed by atoms with Gasteiger partial charge in [-0.2, -0.15) is 0 Å². The minimum absolute atomic E-state index is 0.0795. The Morgan fingerprint density at radius 3 is 2.53 bits per heavy atom. The second-order valence-electron chi connectivity index (χ2n) is 3.14. The van der Waals surface area contributed by atoms with Crippen molar-refractivity contribution in [1.29, 1.82) is 0 Å². The highest BCUT2D eigenvalue weighted by atomic mass is 16.5. The van der Waals surface area contributed by atoms with E-state index < -0.39 is 0 Å². The third-order valence-electron chi connectivity index (χ3n) is 1.94. The molecule has 0 fully saturated rings. The average Bonchev–Trinajstić information content (AvgIpc) is 2.71. The zero-order chi connectivity index (χ0) is 10.7. The van der Waals surface area contributed by atoms with Crippen LogP contribution in [0, 0.1) is 0 Å². The predicted molar refractivity (Wildman–Crippen MR) is 56.2 cm³/mol. The molecule has 1 aromatic heterocycles. The monoisotopic (exact) mass is 202 g/mol. The van der Waals surface area contributed by atoms with Gasteiger partial charge >= 0.3 is 0 Å². The Hall–Kier alpha value is -2.10. The Labute approximate surface area is 86.9 Å². The highest BCUT2D eigenvalue weighted by Gasteiger charge is 2.01. The van der Waals surface area contributed by atoms with E-state index in [-0.39, 0.29) is 5.91 Å². The summed E-state index contributed by atoms with van der Waals surface area (Å²) in [6, 6.07) is 9.19. The lowest BCUT2D eigenvalue weighted by Gasteiger charge is -2.01. The Kier molecular flexibility index (Phi) is 2.49. The van der Waals surface area contributed by atoms with Gasteiger partial charge in [0.1, 0.15) is 12.0 Å². The quantitative estimate of drug-likeness (QED) is 0.812. The van der Waals surface area contributed by atoms with Crippen molar-refractivity contribution in [2.75, 3.05) is 5.32 Å². The maximum absolute atomic E-state index is 10.8. The standard InChI is InChI=1S/C11H10N2O2/c1-8(14)12-10-4-2-9(3-5-10)11-6-7-15-13-11/h2-7H,1H3,(H,12,14). The fourth-order valence-electron chi connectivity index (χ4n) is 1.29. The molecule has 0 aliphatic heterocycles. The van der Waals surface area contributed by atoms with Crippen LogP contribution >= 0.6 is 0 Å². The summed E-state index contributed by atoms with van der Waals surface area (Å²) in [7, 11) is 0. The summed E-state index contributed by atoms with van der Waals surface area (Å²) in [6.07, 6.45) is 1.52. The highest BCUT2D eigenvalue weighted by molar-refractivity contribution is 5.88. The van der Waals surface area contributed by atoms with Crippen LogP contribution in [0.1, 0.15) is 6.92 Å². The van der Waals surface area contributed by atoms with Crippen molar-refractivity contribution in [2.45, 2.75) is 6.92 Å². The molecule has 0 saturated carbocycles. The first-order valence-corrected chi connectivity index (χ1v) is 4.54. The lowest BCUT2D eigenvalue weighted by Crippen LogP contribution is -2.05. The van der Waals surface area contributed by atoms with Gasteiger partial charge in [-0.1, -0.05) is 17.3 Å². The number of hydrogen-bond donors (Lipinski definition) is 1. The van der Waals surface area contributed by atoms with Crippen LogP contribution in [0.25, 0.3) is 11.3 Å². The Bertz CT molecular complexity index is 446. The van der Waals surface area contributed by atoms with Gasteiger partial charge in [-0.25, -0.2) is 0 Å². The van der Waals surface area contributed by atoms with Gasteiger partial charge < -0.3 is 9.84 Å². The molecule has 0 radical (unpaired) electrons. The van der Waals surface area contributed by atoms with Crippen molar-refractivity contribution in [3.63, 3.8) is 0 Å². The lowest BCUT2D eigenvalue weighted by molar-refractivity contribution is -0.114. The number of nitrogens with one attached hydrogen (secondary N) is 1. The molecule has 1 aromatic carbocycles. The molecule has 4 heteroatoms. The van der Waals surface area contributed by atoms with E-state index in [9.17, 15) is 4.79 Å². The fourth-order valence-corrected chi connectivity index (χ4v) is 1.29. The first-order chi connectivity index (χ1) is 7.25. The maximum atomic E-state index is 10.8. The normalized spacial score (nSPS) is 9.93. The summed E-state index contributed by atoms with van der Waals surface area (Å²) in [5.74, 6) is -0.0795. The van der Waals surface area contributed by atoms with Crippen molar-refractivity contribution in [3.05, 3.63) is 36.6 Å². The molecular weight excluding hydrogens is 192 g/mol. The van der Waals surface area contributed by atoms with Crippen LogP contribution in [0.5, 0.6) is 0 Å². The molecule has 4 nitrogen and oxygen atoms in total. The first-order valence-electron chi connectivity index (χ1n) is 4.54. The van der Waals surface area contributed by atoms with Crippen LogP contribution < -0.4 is 5.32 Å². The summed E-state index contributed by atoms with van der Waals surface area (Å²) >= 11 is 0. The highest BCUT2D eigenvalue weighted by Crippen LogP contribution is 2.19. The van der Waals surface area contributed by atoms with Crippen molar-refractivity contribution in [2.24, 2.45) is 0 Å². The van der Waals surface area contributed by atoms with Gasteiger partial charge in [-0.3, -0.25) is 4.79 Å². The van der Waals surface area contributed by atoms with Gasteiger partial charge in [0.2, 0.25) is 5.91 Å². The Balaban J connectivity index is 2.21. The number of amides is 1. The van der Waals surface area contributed by atoms with Crippen molar-refractivity contribution >= 4 is 11.6 Å². The maximum Gasteiger partial charge on any atom is 0.221 e. The molecule has 0 spiro atoms. The van der Waals surface area contributed by atoms with Crippen LogP contribution in [0.2, 0.25) is 0 Å². The van der Waals surface area contributed by atoms with Crippen LogP contribution in [0.4, 0.5) is 5.69 Å². The molecule has 0 aliphatic carbocycles. The van der Waals surface area contributed by atoms with E-state index in [4.69, 9.17) is 4.52 Å². The molecule has 0 atom stereocenters. The van der Waals surface area contributed by atoms with Gasteiger partial charge in [-0.05, 0) is 12.1 Å². The van der Waals surface area contributed by atoms with E-state index in [1.165, 1.54) is 13.2 Å². The molecular formula is C11H10N2O2. The first kappa shape index (κ1) is 9.45. The van der Waals surface area contributed by atoms with Crippen LogP contribution in [-0.2, 0) is 4.79 Å². The van der Waals surface area contributed by atoms with Gasteiger partial charge in [0, 0.05) is 24.2 Å². The number of carbonyl (C=O) groups is 1. The van der Waals surface area contributed by atoms with Crippen molar-refractivity contribution in [3.8, 4) is 11.3 Å². The number of carbonyl (C=O) groups excluding carboxylic acids is 1. The third kappa shape index (κ3) is 2.22. The van der Waals surface area contributed by atoms with E-state index in [1.54, 1.807) is 6.07 Å². The van der Waals surface area contributed by atoms with Crippen molar-refractivity contribution < 1.29 is 9.32 Å². The van der Waals surface area contributed by atoms with Crippen molar-refractivity contribution in [1.82, 2.24) is 5.16 Å². The Morgan fingerprint density at radius 1 is 1.27 bits per heavy atom. The largest absolute Gasteiger partial charge is 0.364 e. The minimum Gasteiger partial charge on any atom is -0.364 e. The molecule has 0 saturated heterocycles. The van der Waals surface area contributed by atoms with E-state index in [0.717, 1.165) is 16.9 Å². The second kappa shape index (κ2) is 3.96. The van der Waals surface area contributed by atoms with E-state index in [2.05, 4.69) is 10.5 Å². The molecule has 76 valence electrons. The number of rotatable bonds is 2. The van der Waals surface area contributed by atoms with E-state index in [1.807, 2.05) is 24.3 Å². The number of benzene rings is 1. The van der Waals surface area contributed by atoms with E-state index >= 15 is 0 Å². The summed E-state index contributed by atoms with van der Waals surface area (Å²) in [6.45, 7) is 1.48. The minimum atomic E-state index is -0.0795. The summed E-state index contributed by atoms with van der Waals surface area (Å²) < 4.78 is 4.74. The van der Waals surface area contributed by atoms with Gasteiger partial charge in [0.05, 0.1) is 0 Å². The zero-order valence-electron chi connectivity index (χ0n) is 8.23. The second-order valence-corrected chi connectivity index (χ2v) is 3.14. The number of anilines is 1. The average molecular weight is 202 g/mol. The molecule has 1 N–H and O–H groups in total. The Morgan fingerprint density at radius 2 is 2.00 bits per heavy atom. The SMILES string of the molecule is CC(=O)Nc1ccc(-c2ccon2)cc1. The molecule has 2 rings (SSSR count). The van der Waals surface area contributed by atoms with Crippen LogP contribution in [0.3, 0.4) is 0 Å². The predicted octanol–water partition coefficient (Wildman–Crippen LogP) is 2.30. The zero-order valence-corrected chi connectivity index (χ0v) is 8.23. The lowest BCUT2D eigenvalue weighted by atomic mass is 10.1. The molecule has 0 aliphatic rings. The summed E-state index contributed by atoms with van der Waals surface area (Å²) in [4.78, 5) is 10.8.